The maximum atomic E-state index is 13.5. The van der Waals surface area contributed by atoms with Crippen LogP contribution >= 0.6 is 0 Å². The first-order valence-electron chi connectivity index (χ1n) is 11.9. The number of aliphatic hydroxyl groups is 2. The van der Waals surface area contributed by atoms with Crippen LogP contribution in [-0.2, 0) is 6.18 Å². The second-order valence-electron chi connectivity index (χ2n) is 9.13. The molecule has 13 heteroatoms. The highest BCUT2D eigenvalue weighted by Crippen LogP contribution is 2.42. The maximum absolute atomic E-state index is 13.5. The molecule has 0 unspecified atom stereocenters. The zero-order valence-electron chi connectivity index (χ0n) is 20.3. The van der Waals surface area contributed by atoms with E-state index in [0.29, 0.717) is 42.4 Å². The van der Waals surface area contributed by atoms with Crippen molar-refractivity contribution in [1.29, 1.82) is 0 Å². The third kappa shape index (κ3) is 5.07. The zero-order chi connectivity index (χ0) is 27.0. The monoisotopic (exact) mass is 530 g/mol. The van der Waals surface area contributed by atoms with E-state index in [4.69, 9.17) is 9.84 Å². The molecule has 4 heterocycles. The summed E-state index contributed by atoms with van der Waals surface area (Å²) < 4.78 is 45.3. The van der Waals surface area contributed by atoms with Gasteiger partial charge >= 0.3 is 12.2 Å². The summed E-state index contributed by atoms with van der Waals surface area (Å²) in [5.41, 5.74) is 0.932. The summed E-state index contributed by atoms with van der Waals surface area (Å²) in [7, 11) is 0. The number of benzene rings is 1. The van der Waals surface area contributed by atoms with Gasteiger partial charge in [0.25, 0.3) is 0 Å². The Labute approximate surface area is 215 Å². The second kappa shape index (κ2) is 10.1. The standard InChI is InChI=1S/C25H25F3N6O4/c1-14-21-23(32-22(30-14)15-3-2-4-16(7-15)25(26,27)28)34(18-5-6-33(21)11-18)24(37)31-17-8-20(10-29-9-17)38-13-19(36)12-35/h2-4,7-10,18-19,35-36H,5-6,11-13H2,1H3,(H,31,37)/t18-,19-/m0/s1. The number of carbonyl (C=O) groups excluding carboxylic acids is 1. The Hall–Kier alpha value is -3.97. The number of fused-ring (bicyclic) bond motifs is 4. The molecule has 0 aliphatic carbocycles. The molecule has 2 bridgehead atoms. The van der Waals surface area contributed by atoms with Crippen molar-refractivity contribution in [2.45, 2.75) is 31.7 Å². The van der Waals surface area contributed by atoms with Crippen molar-refractivity contribution in [2.75, 3.05) is 41.4 Å². The minimum absolute atomic E-state index is 0.0900. The maximum Gasteiger partial charge on any atom is 0.416 e. The third-order valence-electron chi connectivity index (χ3n) is 6.40. The number of hydrogen-bond donors (Lipinski definition) is 3. The molecule has 38 heavy (non-hydrogen) atoms. The topological polar surface area (TPSA) is 124 Å². The quantitative estimate of drug-likeness (QED) is 0.444. The van der Waals surface area contributed by atoms with Crippen LogP contribution in [0.3, 0.4) is 0 Å². The molecule has 10 nitrogen and oxygen atoms in total. The molecule has 2 aliphatic rings. The first-order chi connectivity index (χ1) is 18.1. The number of rotatable bonds is 6. The number of nitrogens with one attached hydrogen (secondary N) is 1. The Bertz CT molecular complexity index is 1350. The Kier molecular flexibility index (Phi) is 6.80. The molecule has 3 N–H and O–H groups in total. The fourth-order valence-corrected chi connectivity index (χ4v) is 4.64. The Balaban J connectivity index is 1.46. The number of amides is 2. The van der Waals surface area contributed by atoms with Gasteiger partial charge in [0.15, 0.2) is 11.6 Å². The molecule has 0 spiro atoms. The molecule has 2 amide bonds. The van der Waals surface area contributed by atoms with Gasteiger partial charge in [-0.25, -0.2) is 14.8 Å². The zero-order valence-corrected chi connectivity index (χ0v) is 20.3. The number of hydrogen-bond acceptors (Lipinski definition) is 8. The summed E-state index contributed by atoms with van der Waals surface area (Å²) >= 11 is 0. The number of alkyl halides is 3. The summed E-state index contributed by atoms with van der Waals surface area (Å²) in [4.78, 5) is 30.2. The lowest BCUT2D eigenvalue weighted by Gasteiger charge is -2.36. The molecule has 2 aliphatic heterocycles. The summed E-state index contributed by atoms with van der Waals surface area (Å²) in [5, 5.41) is 21.2. The first-order valence-corrected chi connectivity index (χ1v) is 11.9. The molecule has 0 saturated carbocycles. The number of nitrogens with zero attached hydrogens (tertiary/aromatic N) is 5. The summed E-state index contributed by atoms with van der Waals surface area (Å²) in [6, 6.07) is 5.63. The summed E-state index contributed by atoms with van der Waals surface area (Å²) in [6.45, 7) is 2.40. The largest absolute Gasteiger partial charge is 0.489 e. The lowest BCUT2D eigenvalue weighted by Crippen LogP contribution is -2.48. The van der Waals surface area contributed by atoms with Gasteiger partial charge in [-0.2, -0.15) is 13.2 Å². The predicted octanol–water partition coefficient (Wildman–Crippen LogP) is 3.23. The molecule has 2 atom stereocenters. The molecule has 1 fully saturated rings. The number of urea groups is 1. The number of pyridine rings is 1. The van der Waals surface area contributed by atoms with Crippen molar-refractivity contribution in [1.82, 2.24) is 15.0 Å². The van der Waals surface area contributed by atoms with E-state index in [9.17, 15) is 23.1 Å². The van der Waals surface area contributed by atoms with Crippen LogP contribution in [0, 0.1) is 6.92 Å². The third-order valence-corrected chi connectivity index (χ3v) is 6.40. The highest BCUT2D eigenvalue weighted by Gasteiger charge is 2.42. The average molecular weight is 531 g/mol. The van der Waals surface area contributed by atoms with Gasteiger partial charge in [0.1, 0.15) is 24.1 Å². The van der Waals surface area contributed by atoms with Gasteiger partial charge in [-0.05, 0) is 25.5 Å². The lowest BCUT2D eigenvalue weighted by molar-refractivity contribution is -0.137. The minimum atomic E-state index is -4.52. The van der Waals surface area contributed by atoms with Gasteiger partial charge in [-0.3, -0.25) is 9.88 Å². The van der Waals surface area contributed by atoms with Crippen molar-refractivity contribution in [2.24, 2.45) is 0 Å². The van der Waals surface area contributed by atoms with E-state index in [2.05, 4.69) is 25.2 Å². The molecule has 1 aromatic carbocycles. The molecule has 1 saturated heterocycles. The number of anilines is 3. The van der Waals surface area contributed by atoms with Gasteiger partial charge in [-0.1, -0.05) is 12.1 Å². The molecule has 2 aromatic heterocycles. The summed E-state index contributed by atoms with van der Waals surface area (Å²) in [6.07, 6.45) is -2.06. The van der Waals surface area contributed by atoms with Crippen LogP contribution in [0.2, 0.25) is 0 Å². The van der Waals surface area contributed by atoms with Crippen LogP contribution in [0.4, 0.5) is 35.2 Å². The lowest BCUT2D eigenvalue weighted by atomic mass is 10.1. The number of aryl methyl sites for hydroxylation is 1. The number of aliphatic hydroxyl groups excluding tert-OH is 2. The average Bonchev–Trinajstić information content (AvgIpc) is 3.29. The molecular formula is C25H25F3N6O4. The van der Waals surface area contributed by atoms with Crippen LogP contribution in [-0.4, -0.2) is 69.6 Å². The SMILES string of the molecule is Cc1nc(-c2cccc(C(F)(F)F)c2)nc2c1N1CC[C@@H](C1)N2C(=O)Nc1cncc(OC[C@@H](O)CO)c1. The second-order valence-corrected chi connectivity index (χ2v) is 9.13. The van der Waals surface area contributed by atoms with E-state index in [1.807, 2.05) is 0 Å². The van der Waals surface area contributed by atoms with Gasteiger partial charge in [0.2, 0.25) is 0 Å². The number of ether oxygens (including phenoxy) is 1. The van der Waals surface area contributed by atoms with E-state index in [-0.39, 0.29) is 29.8 Å². The van der Waals surface area contributed by atoms with Crippen molar-refractivity contribution >= 4 is 23.2 Å². The molecule has 0 radical (unpaired) electrons. The van der Waals surface area contributed by atoms with E-state index >= 15 is 0 Å². The number of carbonyl (C=O) groups is 1. The van der Waals surface area contributed by atoms with Crippen LogP contribution in [0.15, 0.2) is 42.7 Å². The highest BCUT2D eigenvalue weighted by atomic mass is 19.4. The number of aromatic nitrogens is 3. The minimum Gasteiger partial charge on any atom is -0.489 e. The van der Waals surface area contributed by atoms with Crippen molar-refractivity contribution in [3.05, 3.63) is 54.0 Å². The molecular weight excluding hydrogens is 505 g/mol. The van der Waals surface area contributed by atoms with Crippen molar-refractivity contribution in [3.8, 4) is 17.1 Å². The van der Waals surface area contributed by atoms with E-state index in [0.717, 1.165) is 12.1 Å². The van der Waals surface area contributed by atoms with Crippen molar-refractivity contribution in [3.63, 3.8) is 0 Å². The molecule has 200 valence electrons. The van der Waals surface area contributed by atoms with E-state index in [1.54, 1.807) is 6.92 Å². The smallest absolute Gasteiger partial charge is 0.416 e. The summed E-state index contributed by atoms with van der Waals surface area (Å²) in [5.74, 6) is 0.695. The van der Waals surface area contributed by atoms with Gasteiger partial charge in [0, 0.05) is 24.7 Å². The van der Waals surface area contributed by atoms with Crippen LogP contribution in [0.5, 0.6) is 5.75 Å². The Morgan fingerprint density at radius 1 is 1.26 bits per heavy atom. The fourth-order valence-electron chi connectivity index (χ4n) is 4.64. The fraction of sp³-hybridized carbons (Fsp3) is 0.360. The first kappa shape index (κ1) is 25.7. The van der Waals surface area contributed by atoms with Gasteiger partial charge < -0.3 is 25.2 Å². The van der Waals surface area contributed by atoms with Gasteiger partial charge in [-0.15, -0.1) is 0 Å². The molecule has 3 aromatic rings. The normalized spacial score (nSPS) is 17.3. The number of halogens is 3. The van der Waals surface area contributed by atoms with E-state index in [1.165, 1.54) is 35.5 Å². The van der Waals surface area contributed by atoms with Crippen LogP contribution < -0.4 is 19.9 Å². The van der Waals surface area contributed by atoms with Crippen molar-refractivity contribution < 1.29 is 32.9 Å². The predicted molar refractivity (Wildman–Crippen MR) is 132 cm³/mol. The Morgan fingerprint density at radius 3 is 2.84 bits per heavy atom. The van der Waals surface area contributed by atoms with E-state index < -0.39 is 30.5 Å². The van der Waals surface area contributed by atoms with Crippen LogP contribution in [0.1, 0.15) is 17.7 Å². The highest BCUT2D eigenvalue weighted by molar-refractivity contribution is 6.05. The molecule has 5 rings (SSSR count). The van der Waals surface area contributed by atoms with Gasteiger partial charge in [0.05, 0.1) is 42.0 Å². The Morgan fingerprint density at radius 2 is 2.08 bits per heavy atom. The van der Waals surface area contributed by atoms with Crippen LogP contribution in [0.25, 0.3) is 11.4 Å².